The first-order valence-corrected chi connectivity index (χ1v) is 10.3. The van der Waals surface area contributed by atoms with Crippen molar-refractivity contribution < 1.29 is 17.9 Å². The number of anilines is 1. The van der Waals surface area contributed by atoms with Crippen LogP contribution < -0.4 is 14.4 Å². The van der Waals surface area contributed by atoms with Gasteiger partial charge in [0.15, 0.2) is 5.82 Å². The number of nitrogens with zero attached hydrogens (tertiary/aromatic N) is 4. The topological polar surface area (TPSA) is 84.9 Å². The van der Waals surface area contributed by atoms with Gasteiger partial charge in [-0.1, -0.05) is 0 Å². The Morgan fingerprint density at radius 2 is 2.15 bits per heavy atom. The van der Waals surface area contributed by atoms with Crippen molar-refractivity contribution in [2.45, 2.75) is 23.8 Å². The highest BCUT2D eigenvalue weighted by Gasteiger charge is 2.34. The number of rotatable bonds is 5. The van der Waals surface area contributed by atoms with Gasteiger partial charge in [-0.2, -0.15) is 9.29 Å². The summed E-state index contributed by atoms with van der Waals surface area (Å²) >= 11 is 0. The van der Waals surface area contributed by atoms with Gasteiger partial charge >= 0.3 is 0 Å². The molecule has 2 aliphatic rings. The lowest BCUT2D eigenvalue weighted by Crippen LogP contribution is -2.31. The number of hydrogen-bond donors (Lipinski definition) is 0. The molecule has 0 saturated carbocycles. The summed E-state index contributed by atoms with van der Waals surface area (Å²) in [6, 6.07) is 5.07. The summed E-state index contributed by atoms with van der Waals surface area (Å²) in [4.78, 5) is 10.6. The first-order chi connectivity index (χ1) is 12.9. The number of sulfonamides is 1. The molecule has 1 unspecified atom stereocenters. The third kappa shape index (κ3) is 3.57. The standard InChI is InChI=1S/C18H22N4O4S/c1-21(2)17-10-19-11-18(20-17)26-14-5-7-22(12-14)27(23,24)15-3-4-16-13(9-15)6-8-25-16/h3-4,9-11,14H,5-8,12H2,1-2H3. The van der Waals surface area contributed by atoms with Crippen molar-refractivity contribution in [2.75, 3.05) is 38.7 Å². The van der Waals surface area contributed by atoms with Crippen molar-refractivity contribution in [3.8, 4) is 11.6 Å². The summed E-state index contributed by atoms with van der Waals surface area (Å²) in [5.41, 5.74) is 0.943. The molecule has 2 aromatic rings. The number of fused-ring (bicyclic) bond motifs is 1. The van der Waals surface area contributed by atoms with Crippen molar-refractivity contribution >= 4 is 15.8 Å². The van der Waals surface area contributed by atoms with E-state index in [0.29, 0.717) is 42.7 Å². The van der Waals surface area contributed by atoms with Crippen LogP contribution in [0, 0.1) is 0 Å². The molecule has 0 aliphatic carbocycles. The Kier molecular flexibility index (Phi) is 4.65. The van der Waals surface area contributed by atoms with E-state index in [9.17, 15) is 8.42 Å². The normalized spacial score (nSPS) is 19.6. The van der Waals surface area contributed by atoms with Gasteiger partial charge in [0.1, 0.15) is 11.9 Å². The van der Waals surface area contributed by atoms with Gasteiger partial charge in [0.25, 0.3) is 0 Å². The van der Waals surface area contributed by atoms with E-state index in [1.807, 2.05) is 19.0 Å². The molecule has 2 aliphatic heterocycles. The monoisotopic (exact) mass is 390 g/mol. The van der Waals surface area contributed by atoms with Crippen LogP contribution in [0.4, 0.5) is 5.82 Å². The van der Waals surface area contributed by atoms with Gasteiger partial charge in [-0.3, -0.25) is 4.98 Å². The number of aromatic nitrogens is 2. The minimum atomic E-state index is -3.55. The Hall–Kier alpha value is -2.39. The van der Waals surface area contributed by atoms with E-state index in [-0.39, 0.29) is 6.10 Å². The molecule has 9 heteroatoms. The predicted molar refractivity (Wildman–Crippen MR) is 99.8 cm³/mol. The second-order valence-electron chi connectivity index (χ2n) is 6.87. The fourth-order valence-electron chi connectivity index (χ4n) is 3.27. The van der Waals surface area contributed by atoms with Crippen molar-refractivity contribution in [1.29, 1.82) is 0 Å². The molecule has 0 radical (unpaired) electrons. The first-order valence-electron chi connectivity index (χ1n) is 8.85. The van der Waals surface area contributed by atoms with Gasteiger partial charge in [-0.15, -0.1) is 0 Å². The van der Waals surface area contributed by atoms with Crippen LogP contribution in [-0.2, 0) is 16.4 Å². The van der Waals surface area contributed by atoms with Crippen LogP contribution in [-0.4, -0.2) is 62.6 Å². The first kappa shape index (κ1) is 18.0. The molecule has 4 rings (SSSR count). The third-order valence-corrected chi connectivity index (χ3v) is 6.61. The molecule has 1 aromatic carbocycles. The summed E-state index contributed by atoms with van der Waals surface area (Å²) in [5, 5.41) is 0. The highest BCUT2D eigenvalue weighted by atomic mass is 32.2. The molecule has 3 heterocycles. The molecule has 0 bridgehead atoms. The minimum absolute atomic E-state index is 0.246. The molecule has 8 nitrogen and oxygen atoms in total. The summed E-state index contributed by atoms with van der Waals surface area (Å²) in [6.45, 7) is 1.32. The Balaban J connectivity index is 1.46. The summed E-state index contributed by atoms with van der Waals surface area (Å²) in [5.74, 6) is 1.87. The zero-order valence-electron chi connectivity index (χ0n) is 15.3. The van der Waals surface area contributed by atoms with Crippen molar-refractivity contribution in [3.63, 3.8) is 0 Å². The Morgan fingerprint density at radius 3 is 2.96 bits per heavy atom. The average molecular weight is 390 g/mol. The largest absolute Gasteiger partial charge is 0.493 e. The molecule has 144 valence electrons. The minimum Gasteiger partial charge on any atom is -0.493 e. The molecule has 0 N–H and O–H groups in total. The van der Waals surface area contributed by atoms with Gasteiger partial charge in [-0.05, 0) is 30.2 Å². The average Bonchev–Trinajstić information content (AvgIpc) is 3.30. The van der Waals surface area contributed by atoms with Gasteiger partial charge in [0, 0.05) is 27.1 Å². The van der Waals surface area contributed by atoms with E-state index < -0.39 is 10.0 Å². The van der Waals surface area contributed by atoms with Crippen LogP contribution in [0.25, 0.3) is 0 Å². The van der Waals surface area contributed by atoms with Crippen LogP contribution in [0.2, 0.25) is 0 Å². The second-order valence-corrected chi connectivity index (χ2v) is 8.81. The van der Waals surface area contributed by atoms with Gasteiger partial charge < -0.3 is 14.4 Å². The van der Waals surface area contributed by atoms with Gasteiger partial charge in [0.2, 0.25) is 15.9 Å². The van der Waals surface area contributed by atoms with Crippen molar-refractivity contribution in [2.24, 2.45) is 0 Å². The second kappa shape index (κ2) is 6.97. The lowest BCUT2D eigenvalue weighted by molar-refractivity contribution is 0.206. The van der Waals surface area contributed by atoms with E-state index in [0.717, 1.165) is 17.7 Å². The maximum absolute atomic E-state index is 13.0. The molecular weight excluding hydrogens is 368 g/mol. The molecule has 27 heavy (non-hydrogen) atoms. The van der Waals surface area contributed by atoms with E-state index >= 15 is 0 Å². The van der Waals surface area contributed by atoms with Crippen LogP contribution in [0.15, 0.2) is 35.5 Å². The smallest absolute Gasteiger partial charge is 0.243 e. The molecule has 1 atom stereocenters. The summed E-state index contributed by atoms with van der Waals surface area (Å²) in [6.07, 6.45) is 4.30. The Labute approximate surface area is 158 Å². The van der Waals surface area contributed by atoms with Gasteiger partial charge in [0.05, 0.1) is 30.4 Å². The molecule has 0 amide bonds. The summed E-state index contributed by atoms with van der Waals surface area (Å²) < 4.78 is 38.7. The Morgan fingerprint density at radius 1 is 1.30 bits per heavy atom. The van der Waals surface area contributed by atoms with E-state index in [4.69, 9.17) is 9.47 Å². The predicted octanol–water partition coefficient (Wildman–Crippen LogP) is 1.32. The quantitative estimate of drug-likeness (QED) is 0.761. The van der Waals surface area contributed by atoms with Crippen LogP contribution in [0.1, 0.15) is 12.0 Å². The lowest BCUT2D eigenvalue weighted by atomic mass is 10.2. The number of ether oxygens (including phenoxy) is 2. The molecular formula is C18H22N4O4S. The highest BCUT2D eigenvalue weighted by Crippen LogP contribution is 2.30. The van der Waals surface area contributed by atoms with E-state index in [2.05, 4.69) is 9.97 Å². The molecule has 1 aromatic heterocycles. The maximum atomic E-state index is 13.0. The highest BCUT2D eigenvalue weighted by molar-refractivity contribution is 7.89. The lowest BCUT2D eigenvalue weighted by Gasteiger charge is -2.18. The third-order valence-electron chi connectivity index (χ3n) is 4.75. The SMILES string of the molecule is CN(C)c1cncc(OC2CCN(S(=O)(=O)c3ccc4c(c3)CCO4)C2)n1. The molecule has 0 spiro atoms. The number of hydrogen-bond acceptors (Lipinski definition) is 7. The van der Waals surface area contributed by atoms with Crippen molar-refractivity contribution in [1.82, 2.24) is 14.3 Å². The van der Waals surface area contributed by atoms with E-state index in [1.54, 1.807) is 30.6 Å². The Bertz CT molecular complexity index is 948. The van der Waals surface area contributed by atoms with Crippen LogP contribution >= 0.6 is 0 Å². The number of benzene rings is 1. The fourth-order valence-corrected chi connectivity index (χ4v) is 4.80. The van der Waals surface area contributed by atoms with Crippen molar-refractivity contribution in [3.05, 3.63) is 36.2 Å². The van der Waals surface area contributed by atoms with Crippen LogP contribution in [0.3, 0.4) is 0 Å². The van der Waals surface area contributed by atoms with E-state index in [1.165, 1.54) is 4.31 Å². The van der Waals surface area contributed by atoms with Gasteiger partial charge in [-0.25, -0.2) is 8.42 Å². The fraction of sp³-hybridized carbons (Fsp3) is 0.444. The molecule has 1 saturated heterocycles. The zero-order chi connectivity index (χ0) is 19.0. The zero-order valence-corrected chi connectivity index (χ0v) is 16.1. The van der Waals surface area contributed by atoms with Crippen LogP contribution in [0.5, 0.6) is 11.6 Å². The maximum Gasteiger partial charge on any atom is 0.243 e. The molecule has 1 fully saturated rings. The summed E-state index contributed by atoms with van der Waals surface area (Å²) in [7, 11) is 0.195.